The molecule has 10 heteroatoms. The average molecular weight is 465 g/mol. The Morgan fingerprint density at radius 3 is 2.39 bits per heavy atom. The summed E-state index contributed by atoms with van der Waals surface area (Å²) in [6.45, 7) is 6.55. The molecule has 1 aromatic heterocycles. The molecular weight excluding hydrogens is 441 g/mol. The van der Waals surface area contributed by atoms with Gasteiger partial charge in [0.2, 0.25) is 0 Å². The first kappa shape index (κ1) is 23.2. The van der Waals surface area contributed by atoms with Gasteiger partial charge in [-0.1, -0.05) is 44.5 Å². The monoisotopic (exact) mass is 464 g/mol. The molecule has 165 valence electrons. The van der Waals surface area contributed by atoms with Crippen molar-refractivity contribution >= 4 is 27.3 Å². The highest BCUT2D eigenvalue weighted by Gasteiger charge is 2.24. The number of nitrogens with zero attached hydrogens (tertiary/aromatic N) is 4. The minimum absolute atomic E-state index is 0.00986. The van der Waals surface area contributed by atoms with Crippen LogP contribution >= 0.6 is 11.6 Å². The van der Waals surface area contributed by atoms with Gasteiger partial charge in [-0.15, -0.1) is 10.2 Å². The van der Waals surface area contributed by atoms with Crippen LogP contribution in [0.4, 0.5) is 10.1 Å². The van der Waals surface area contributed by atoms with Crippen molar-refractivity contribution in [3.63, 3.8) is 0 Å². The largest absolute Gasteiger partial charge is 0.313 e. The highest BCUT2D eigenvalue weighted by atomic mass is 35.5. The number of aromatic nitrogens is 3. The number of hydrogen-bond donors (Lipinski definition) is 1. The van der Waals surface area contributed by atoms with Gasteiger partial charge in [-0.3, -0.25) is 0 Å². The molecule has 0 amide bonds. The molecule has 0 aliphatic rings. The molecule has 0 unspecified atom stereocenters. The Morgan fingerprint density at radius 1 is 1.16 bits per heavy atom. The van der Waals surface area contributed by atoms with Crippen LogP contribution in [0.1, 0.15) is 32.2 Å². The zero-order chi connectivity index (χ0) is 23.0. The van der Waals surface area contributed by atoms with Gasteiger partial charge in [0.05, 0.1) is 22.2 Å². The van der Waals surface area contributed by atoms with Crippen molar-refractivity contribution in [2.24, 2.45) is 7.05 Å². The highest BCUT2D eigenvalue weighted by molar-refractivity contribution is 7.89. The fraction of sp³-hybridized carbons (Fsp3) is 0.333. The highest BCUT2D eigenvalue weighted by Crippen LogP contribution is 2.34. The molecule has 0 saturated carbocycles. The van der Waals surface area contributed by atoms with E-state index in [0.717, 1.165) is 11.6 Å². The average Bonchev–Trinajstić information content (AvgIpc) is 3.04. The van der Waals surface area contributed by atoms with Crippen molar-refractivity contribution in [3.8, 4) is 11.4 Å². The zero-order valence-corrected chi connectivity index (χ0v) is 19.5. The molecular formula is C21H24ClFN5O2S. The molecule has 1 heterocycles. The van der Waals surface area contributed by atoms with E-state index < -0.39 is 15.8 Å². The number of rotatable bonds is 6. The van der Waals surface area contributed by atoms with Gasteiger partial charge in [-0.2, -0.15) is 13.1 Å². The van der Waals surface area contributed by atoms with Crippen LogP contribution in [0.2, 0.25) is 5.02 Å². The normalized spacial score (nSPS) is 12.2. The summed E-state index contributed by atoms with van der Waals surface area (Å²) >= 11 is 5.97. The van der Waals surface area contributed by atoms with Crippen LogP contribution in [0, 0.1) is 5.82 Å². The molecule has 31 heavy (non-hydrogen) atoms. The molecule has 0 aliphatic heterocycles. The van der Waals surface area contributed by atoms with E-state index in [1.165, 1.54) is 18.2 Å². The lowest BCUT2D eigenvalue weighted by atomic mass is 9.87. The van der Waals surface area contributed by atoms with E-state index in [9.17, 15) is 12.8 Å². The number of sulfonamides is 1. The maximum Gasteiger partial charge on any atom is 0.282 e. The third kappa shape index (κ3) is 4.89. The lowest BCUT2D eigenvalue weighted by Gasteiger charge is -2.19. The second kappa shape index (κ2) is 8.57. The lowest BCUT2D eigenvalue weighted by Crippen LogP contribution is -2.15. The molecule has 1 radical (unpaired) electrons. The van der Waals surface area contributed by atoms with Gasteiger partial charge in [0, 0.05) is 18.7 Å². The van der Waals surface area contributed by atoms with Gasteiger partial charge >= 0.3 is 0 Å². The van der Waals surface area contributed by atoms with Gasteiger partial charge in [0.15, 0.2) is 5.82 Å². The van der Waals surface area contributed by atoms with E-state index in [-0.39, 0.29) is 26.6 Å². The molecule has 0 aliphatic carbocycles. The molecule has 7 nitrogen and oxygen atoms in total. The van der Waals surface area contributed by atoms with Crippen LogP contribution in [0.3, 0.4) is 0 Å². The van der Waals surface area contributed by atoms with E-state index >= 15 is 0 Å². The Hall–Kier alpha value is -2.49. The number of halogens is 2. The standard InChI is InChI=1S/C21H24ClFN5O2S/c1-21(2,3)13-6-8-14(9-7-13)31(29,30)27-18-11-17(23)16(22)10-15(18)20-26-25-19(12-24-4)28(20)5/h6-11,24H,12H2,1-5H3. The molecule has 3 rings (SSSR count). The molecule has 3 aromatic rings. The fourth-order valence-electron chi connectivity index (χ4n) is 3.01. The summed E-state index contributed by atoms with van der Waals surface area (Å²) in [5, 5.41) is 11.0. The third-order valence-corrected chi connectivity index (χ3v) is 6.41. The van der Waals surface area contributed by atoms with E-state index in [1.54, 1.807) is 30.8 Å². The Bertz CT molecular complexity index is 1200. The molecule has 0 bridgehead atoms. The van der Waals surface area contributed by atoms with E-state index in [1.807, 2.05) is 20.8 Å². The summed E-state index contributed by atoms with van der Waals surface area (Å²) in [7, 11) is -0.616. The predicted molar refractivity (Wildman–Crippen MR) is 118 cm³/mol. The number of nitrogens with one attached hydrogen (secondary N) is 1. The Labute approximate surface area is 186 Å². The summed E-state index contributed by atoms with van der Waals surface area (Å²) in [6.07, 6.45) is 0. The maximum absolute atomic E-state index is 14.2. The molecule has 0 atom stereocenters. The second-order valence-corrected chi connectivity index (χ2v) is 10.2. The second-order valence-electron chi connectivity index (χ2n) is 8.15. The van der Waals surface area contributed by atoms with Crippen molar-refractivity contribution in [3.05, 3.63) is 58.6 Å². The molecule has 0 spiro atoms. The van der Waals surface area contributed by atoms with Crippen LogP contribution in [0.5, 0.6) is 0 Å². The predicted octanol–water partition coefficient (Wildman–Crippen LogP) is 3.92. The van der Waals surface area contributed by atoms with Gasteiger partial charge < -0.3 is 9.88 Å². The summed E-state index contributed by atoms with van der Waals surface area (Å²) < 4.78 is 45.7. The van der Waals surface area contributed by atoms with Crippen LogP contribution in [0.15, 0.2) is 41.3 Å². The zero-order valence-electron chi connectivity index (χ0n) is 17.9. The van der Waals surface area contributed by atoms with Gasteiger partial charge in [-0.25, -0.2) is 4.39 Å². The topological polar surface area (TPSA) is 91.0 Å². The number of hydrogen-bond acceptors (Lipinski definition) is 5. The first-order valence-corrected chi connectivity index (χ1v) is 11.4. The summed E-state index contributed by atoms with van der Waals surface area (Å²) in [5.41, 5.74) is 1.02. The number of benzene rings is 2. The maximum atomic E-state index is 14.2. The van der Waals surface area contributed by atoms with E-state index in [0.29, 0.717) is 18.2 Å². The van der Waals surface area contributed by atoms with Crippen molar-refractivity contribution in [1.29, 1.82) is 0 Å². The quantitative estimate of drug-likeness (QED) is 0.597. The summed E-state index contributed by atoms with van der Waals surface area (Å²) in [6, 6.07) is 8.79. The first-order valence-electron chi connectivity index (χ1n) is 9.55. The molecule has 0 fully saturated rings. The third-order valence-electron chi connectivity index (χ3n) is 4.82. The summed E-state index contributed by atoms with van der Waals surface area (Å²) in [4.78, 5) is 0.00986. The van der Waals surface area contributed by atoms with Gasteiger partial charge in [0.1, 0.15) is 11.6 Å². The molecule has 2 aromatic carbocycles. The van der Waals surface area contributed by atoms with Crippen LogP contribution in [0.25, 0.3) is 11.4 Å². The minimum Gasteiger partial charge on any atom is -0.313 e. The van der Waals surface area contributed by atoms with Crippen molar-refractivity contribution in [2.75, 3.05) is 7.05 Å². The van der Waals surface area contributed by atoms with Gasteiger partial charge in [-0.05, 0) is 36.2 Å². The van der Waals surface area contributed by atoms with Crippen LogP contribution in [-0.4, -0.2) is 30.2 Å². The van der Waals surface area contributed by atoms with Crippen LogP contribution in [-0.2, 0) is 29.0 Å². The van der Waals surface area contributed by atoms with Crippen molar-refractivity contribution in [2.45, 2.75) is 37.6 Å². The lowest BCUT2D eigenvalue weighted by molar-refractivity contribution is 0.584. The van der Waals surface area contributed by atoms with E-state index in [4.69, 9.17) is 11.6 Å². The Balaban J connectivity index is 2.04. The Morgan fingerprint density at radius 2 is 1.81 bits per heavy atom. The fourth-order valence-corrected chi connectivity index (χ4v) is 4.17. The first-order chi connectivity index (χ1) is 14.4. The summed E-state index contributed by atoms with van der Waals surface area (Å²) in [5.74, 6) is 0.161. The SMILES string of the molecule is CNCc1nnc(-c2cc(Cl)c(F)cc2[N]S(=O)(=O)c2ccc(C(C)(C)C)cc2)n1C. The molecule has 0 saturated heterocycles. The Kier molecular flexibility index (Phi) is 6.40. The minimum atomic E-state index is -4.11. The smallest absolute Gasteiger partial charge is 0.282 e. The molecule has 1 N–H and O–H groups in total. The van der Waals surface area contributed by atoms with Crippen LogP contribution < -0.4 is 10.0 Å². The van der Waals surface area contributed by atoms with Crippen molar-refractivity contribution in [1.82, 2.24) is 24.8 Å². The van der Waals surface area contributed by atoms with Gasteiger partial charge in [0.25, 0.3) is 10.0 Å². The van der Waals surface area contributed by atoms with E-state index in [2.05, 4.69) is 20.2 Å². The van der Waals surface area contributed by atoms with Crippen molar-refractivity contribution < 1.29 is 12.8 Å².